The number of allylic oxidation sites excluding steroid dienone is 1. The number of aromatic nitrogens is 2. The second kappa shape index (κ2) is 11.0. The van der Waals surface area contributed by atoms with Crippen LogP contribution in [0.25, 0.3) is 0 Å². The van der Waals surface area contributed by atoms with Gasteiger partial charge in [0, 0.05) is 42.5 Å². The number of carbonyl (C=O) groups is 2. The summed E-state index contributed by atoms with van der Waals surface area (Å²) in [7, 11) is 0. The summed E-state index contributed by atoms with van der Waals surface area (Å²) in [5.74, 6) is 4.65. The van der Waals surface area contributed by atoms with E-state index in [0.717, 1.165) is 31.4 Å². The number of nitrogens with zero attached hydrogens (tertiary/aromatic N) is 4. The normalized spacial score (nSPS) is 24.1. The van der Waals surface area contributed by atoms with Crippen molar-refractivity contribution >= 4 is 17.5 Å². The minimum absolute atomic E-state index is 0.0522. The number of hydrogen-bond donors (Lipinski definition) is 2. The van der Waals surface area contributed by atoms with Crippen molar-refractivity contribution in [1.82, 2.24) is 14.7 Å². The quantitative estimate of drug-likeness (QED) is 0.524. The number of benzene rings is 1. The Morgan fingerprint density at radius 1 is 1.21 bits per heavy atom. The summed E-state index contributed by atoms with van der Waals surface area (Å²) in [4.78, 5) is 31.7. The van der Waals surface area contributed by atoms with Crippen LogP contribution in [0.1, 0.15) is 60.7 Å². The fourth-order valence-electron chi connectivity index (χ4n) is 7.00. The van der Waals surface area contributed by atoms with Gasteiger partial charge in [-0.25, -0.2) is 0 Å². The van der Waals surface area contributed by atoms with Crippen LogP contribution in [0.2, 0.25) is 0 Å². The monoisotopic (exact) mass is 580 g/mol. The number of aryl methyl sites for hydroxylation is 1. The van der Waals surface area contributed by atoms with E-state index in [1.165, 1.54) is 6.07 Å². The summed E-state index contributed by atoms with van der Waals surface area (Å²) < 4.78 is 41.4. The summed E-state index contributed by atoms with van der Waals surface area (Å²) >= 11 is 0. The first-order chi connectivity index (χ1) is 19.8. The molecule has 4 N–H and O–H groups in total. The maximum Gasteiger partial charge on any atom is 0.416 e. The van der Waals surface area contributed by atoms with E-state index in [2.05, 4.69) is 16.9 Å². The molecule has 0 radical (unpaired) electrons. The molecule has 1 aromatic heterocycles. The maximum absolute atomic E-state index is 13.3. The molecule has 0 unspecified atom stereocenters. The molecule has 42 heavy (non-hydrogen) atoms. The van der Waals surface area contributed by atoms with Crippen molar-refractivity contribution in [2.24, 2.45) is 33.7 Å². The number of hydrogen-bond acceptors (Lipinski definition) is 5. The van der Waals surface area contributed by atoms with Gasteiger partial charge in [0.2, 0.25) is 0 Å². The molecule has 1 aliphatic carbocycles. The van der Waals surface area contributed by atoms with Gasteiger partial charge in [-0.3, -0.25) is 19.3 Å². The van der Waals surface area contributed by atoms with Gasteiger partial charge in [0.1, 0.15) is 0 Å². The molecule has 3 aliphatic rings. The highest BCUT2D eigenvalue weighted by Crippen LogP contribution is 2.56. The molecule has 0 bridgehead atoms. The van der Waals surface area contributed by atoms with Crippen LogP contribution in [-0.4, -0.2) is 51.8 Å². The molecule has 1 saturated heterocycles. The molecule has 8 nitrogen and oxygen atoms in total. The van der Waals surface area contributed by atoms with Crippen molar-refractivity contribution in [2.75, 3.05) is 19.6 Å². The van der Waals surface area contributed by atoms with E-state index in [9.17, 15) is 22.8 Å². The first-order valence-electron chi connectivity index (χ1n) is 14.1. The van der Waals surface area contributed by atoms with Gasteiger partial charge in [-0.15, -0.1) is 0 Å². The largest absolute Gasteiger partial charge is 0.416 e. The minimum atomic E-state index is -4.45. The molecule has 3 heterocycles. The topological polar surface area (TPSA) is 120 Å². The molecule has 2 amide bonds. The molecular formula is C31H35F3N6O2. The smallest absolute Gasteiger partial charge is 0.401 e. The van der Waals surface area contributed by atoms with Crippen molar-refractivity contribution in [2.45, 2.75) is 59.2 Å². The molecule has 2 fully saturated rings. The number of likely N-dealkylation sites (tertiary alicyclic amines) is 1. The number of halogens is 3. The van der Waals surface area contributed by atoms with Crippen molar-refractivity contribution in [3.63, 3.8) is 0 Å². The predicted molar refractivity (Wildman–Crippen MR) is 152 cm³/mol. The maximum atomic E-state index is 13.3. The zero-order chi connectivity index (χ0) is 30.4. The molecule has 1 aromatic carbocycles. The number of rotatable bonds is 5. The third-order valence-electron chi connectivity index (χ3n) is 9.00. The Bertz CT molecular complexity index is 1550. The second-order valence-corrected chi connectivity index (χ2v) is 11.7. The Morgan fingerprint density at radius 3 is 2.62 bits per heavy atom. The van der Waals surface area contributed by atoms with Gasteiger partial charge >= 0.3 is 6.18 Å². The highest BCUT2D eigenvalue weighted by molar-refractivity contribution is 6.29. The van der Waals surface area contributed by atoms with Crippen LogP contribution in [0.5, 0.6) is 0 Å². The number of nitrogens with two attached hydrogens (primary N) is 2. The highest BCUT2D eigenvalue weighted by atomic mass is 19.4. The van der Waals surface area contributed by atoms with Crippen LogP contribution in [0.3, 0.4) is 0 Å². The molecular weight excluding hydrogens is 545 g/mol. The minimum Gasteiger partial charge on any atom is -0.401 e. The van der Waals surface area contributed by atoms with Crippen LogP contribution < -0.4 is 11.5 Å². The number of aliphatic imine (C=N–C) groups is 1. The fourth-order valence-corrected chi connectivity index (χ4v) is 7.00. The van der Waals surface area contributed by atoms with Crippen LogP contribution in [0.4, 0.5) is 13.2 Å². The van der Waals surface area contributed by atoms with E-state index >= 15 is 0 Å². The third kappa shape index (κ3) is 5.42. The standard InChI is InChI=1S/C31H35F3N6O2/c1-4-6-24(41)39-12-10-30(17-39)14-21(15-30)23-9-11-37-28(26(27(23)35)29(36)42)25-18(2)38-40(19(25)3)16-20-7-5-8-22(13-20)31(32,33)34/h5,7-8,13,21,23H,9-12,14-17,35H2,1-3H3,(H2,36,42)/t21?,23-,30?/m1/s1. The lowest BCUT2D eigenvalue weighted by molar-refractivity contribution is -0.137. The Morgan fingerprint density at radius 2 is 1.95 bits per heavy atom. The number of alkyl halides is 3. The van der Waals surface area contributed by atoms with E-state index in [-0.39, 0.29) is 35.3 Å². The molecule has 11 heteroatoms. The lowest BCUT2D eigenvalue weighted by Crippen LogP contribution is -2.45. The van der Waals surface area contributed by atoms with Crippen molar-refractivity contribution < 1.29 is 22.8 Å². The van der Waals surface area contributed by atoms with Crippen molar-refractivity contribution in [3.05, 3.63) is 63.6 Å². The Kier molecular flexibility index (Phi) is 7.68. The lowest BCUT2D eigenvalue weighted by Gasteiger charge is -2.48. The van der Waals surface area contributed by atoms with Gasteiger partial charge in [0.15, 0.2) is 0 Å². The van der Waals surface area contributed by atoms with Gasteiger partial charge in [-0.1, -0.05) is 18.1 Å². The van der Waals surface area contributed by atoms with Crippen LogP contribution >= 0.6 is 0 Å². The molecule has 2 aliphatic heterocycles. The van der Waals surface area contributed by atoms with Crippen molar-refractivity contribution in [1.29, 1.82) is 0 Å². The average Bonchev–Trinajstić information content (AvgIpc) is 3.41. The number of primary amides is 1. The predicted octanol–water partition coefficient (Wildman–Crippen LogP) is 3.73. The van der Waals surface area contributed by atoms with Gasteiger partial charge in [-0.05, 0) is 81.4 Å². The Labute approximate surface area is 243 Å². The summed E-state index contributed by atoms with van der Waals surface area (Å²) in [6.07, 6.45) is -1.07. The SMILES string of the molecule is CC#CC(=O)N1CCC2(CC([C@H]3CCN=C(c4c(C)nn(Cc5cccc(C(F)(F)F)c5)c4C)C(C(N)=O)=C3N)C2)C1. The summed E-state index contributed by atoms with van der Waals surface area (Å²) in [6.45, 7) is 7.16. The van der Waals surface area contributed by atoms with Gasteiger partial charge in [-0.2, -0.15) is 18.3 Å². The van der Waals surface area contributed by atoms with Crippen LogP contribution in [0, 0.1) is 42.9 Å². The third-order valence-corrected chi connectivity index (χ3v) is 9.00. The number of amides is 2. The lowest BCUT2D eigenvalue weighted by atomic mass is 9.56. The Hall–Kier alpha value is -4.07. The van der Waals surface area contributed by atoms with Gasteiger partial charge in [0.25, 0.3) is 11.8 Å². The van der Waals surface area contributed by atoms with E-state index in [1.807, 2.05) is 4.90 Å². The first kappa shape index (κ1) is 29.4. The van der Waals surface area contributed by atoms with Crippen LogP contribution in [0.15, 0.2) is 40.5 Å². The van der Waals surface area contributed by atoms with Crippen molar-refractivity contribution in [3.8, 4) is 11.8 Å². The van der Waals surface area contributed by atoms with Gasteiger partial charge in [0.05, 0.1) is 29.1 Å². The molecule has 222 valence electrons. The molecule has 1 spiro atoms. The zero-order valence-corrected chi connectivity index (χ0v) is 24.0. The first-order valence-corrected chi connectivity index (χ1v) is 14.1. The van der Waals surface area contributed by atoms with E-state index in [0.29, 0.717) is 60.0 Å². The number of carbonyl (C=O) groups excluding carboxylic acids is 2. The highest BCUT2D eigenvalue weighted by Gasteiger charge is 2.52. The molecule has 5 rings (SSSR count). The Balaban J connectivity index is 1.39. The summed E-state index contributed by atoms with van der Waals surface area (Å²) in [6, 6.07) is 5.14. The summed E-state index contributed by atoms with van der Waals surface area (Å²) in [5.41, 5.74) is 15.3. The molecule has 2 aromatic rings. The van der Waals surface area contributed by atoms with Gasteiger partial charge < -0.3 is 16.4 Å². The second-order valence-electron chi connectivity index (χ2n) is 11.7. The summed E-state index contributed by atoms with van der Waals surface area (Å²) in [5, 5.41) is 4.58. The fraction of sp³-hybridized carbons (Fsp3) is 0.484. The zero-order valence-electron chi connectivity index (χ0n) is 24.0. The van der Waals surface area contributed by atoms with E-state index in [4.69, 9.17) is 16.5 Å². The molecule has 1 saturated carbocycles. The molecule has 1 atom stereocenters. The van der Waals surface area contributed by atoms with E-state index in [1.54, 1.807) is 31.5 Å². The van der Waals surface area contributed by atoms with E-state index < -0.39 is 17.6 Å². The average molecular weight is 581 g/mol. The van der Waals surface area contributed by atoms with Crippen LogP contribution in [-0.2, 0) is 22.3 Å².